The van der Waals surface area contributed by atoms with E-state index in [9.17, 15) is 0 Å². The van der Waals surface area contributed by atoms with Gasteiger partial charge in [0.2, 0.25) is 0 Å². The Labute approximate surface area is 79.2 Å². The molecule has 72 valence electrons. The molecule has 1 aromatic heterocycles. The summed E-state index contributed by atoms with van der Waals surface area (Å²) >= 11 is 0. The number of imidazole rings is 1. The van der Waals surface area contributed by atoms with E-state index < -0.39 is 0 Å². The van der Waals surface area contributed by atoms with Crippen molar-refractivity contribution in [2.45, 2.75) is 26.3 Å². The smallest absolute Gasteiger partial charge is 0.0946 e. The maximum absolute atomic E-state index is 4.15. The summed E-state index contributed by atoms with van der Waals surface area (Å²) < 4.78 is 2.10. The fourth-order valence-corrected chi connectivity index (χ4v) is 1.99. The third-order valence-electron chi connectivity index (χ3n) is 3.36. The number of nitrogens with one attached hydrogen (secondary N) is 1. The molecule has 3 nitrogen and oxygen atoms in total. The minimum absolute atomic E-state index is 0.424. The lowest BCUT2D eigenvalue weighted by Gasteiger charge is -2.47. The number of hydrogen-bond donors (Lipinski definition) is 1. The van der Waals surface area contributed by atoms with Gasteiger partial charge in [-0.15, -0.1) is 0 Å². The van der Waals surface area contributed by atoms with Gasteiger partial charge in [-0.1, -0.05) is 13.8 Å². The Kier molecular flexibility index (Phi) is 1.91. The molecule has 2 atom stereocenters. The van der Waals surface area contributed by atoms with Gasteiger partial charge in [0.1, 0.15) is 0 Å². The fourth-order valence-electron chi connectivity index (χ4n) is 1.99. The van der Waals surface area contributed by atoms with Crippen LogP contribution in [-0.2, 0) is 7.05 Å². The van der Waals surface area contributed by atoms with E-state index in [0.717, 1.165) is 6.54 Å². The van der Waals surface area contributed by atoms with Gasteiger partial charge in [0.05, 0.1) is 18.1 Å². The van der Waals surface area contributed by atoms with E-state index in [1.807, 2.05) is 12.5 Å². The Morgan fingerprint density at radius 1 is 1.77 bits per heavy atom. The summed E-state index contributed by atoms with van der Waals surface area (Å²) in [5.41, 5.74) is 1.73. The molecular formula is C10H17N3. The molecular weight excluding hydrogens is 162 g/mol. The maximum atomic E-state index is 4.15. The molecule has 0 aliphatic carbocycles. The summed E-state index contributed by atoms with van der Waals surface area (Å²) in [7, 11) is 2.05. The van der Waals surface area contributed by atoms with Crippen molar-refractivity contribution < 1.29 is 0 Å². The first-order chi connectivity index (χ1) is 6.17. The Balaban J connectivity index is 2.24. The highest BCUT2D eigenvalue weighted by atomic mass is 15.1. The van der Waals surface area contributed by atoms with Crippen molar-refractivity contribution in [1.82, 2.24) is 14.9 Å². The predicted octanol–water partition coefficient (Wildman–Crippen LogP) is 1.48. The van der Waals surface area contributed by atoms with Crippen molar-refractivity contribution in [2.24, 2.45) is 12.5 Å². The van der Waals surface area contributed by atoms with E-state index in [-0.39, 0.29) is 0 Å². The second-order valence-electron chi connectivity index (χ2n) is 4.25. The molecule has 1 aliphatic heterocycles. The molecule has 0 saturated carbocycles. The molecule has 13 heavy (non-hydrogen) atoms. The van der Waals surface area contributed by atoms with E-state index in [4.69, 9.17) is 0 Å². The average molecular weight is 179 g/mol. The quantitative estimate of drug-likeness (QED) is 0.745. The molecule has 3 heteroatoms. The van der Waals surface area contributed by atoms with Gasteiger partial charge in [-0.25, -0.2) is 4.98 Å². The molecule has 1 fully saturated rings. The van der Waals surface area contributed by atoms with Crippen molar-refractivity contribution in [2.75, 3.05) is 6.54 Å². The summed E-state index contributed by atoms with van der Waals surface area (Å²) in [6.45, 7) is 5.71. The van der Waals surface area contributed by atoms with Gasteiger partial charge >= 0.3 is 0 Å². The number of aromatic nitrogens is 2. The second-order valence-corrected chi connectivity index (χ2v) is 4.25. The first-order valence-corrected chi connectivity index (χ1v) is 4.87. The SMILES string of the molecule is CCC1(C)CNC1c1cncn1C. The third-order valence-corrected chi connectivity index (χ3v) is 3.36. The largest absolute Gasteiger partial charge is 0.336 e. The van der Waals surface area contributed by atoms with E-state index in [1.165, 1.54) is 12.1 Å². The monoisotopic (exact) mass is 179 g/mol. The van der Waals surface area contributed by atoms with Crippen LogP contribution in [0.25, 0.3) is 0 Å². The second kappa shape index (κ2) is 2.84. The standard InChI is InChI=1S/C10H17N3/c1-4-10(2)6-12-9(10)8-5-11-7-13(8)3/h5,7,9,12H,4,6H2,1-3H3. The molecule has 0 bridgehead atoms. The average Bonchev–Trinajstić information content (AvgIpc) is 2.49. The van der Waals surface area contributed by atoms with Crippen LogP contribution in [0.1, 0.15) is 32.0 Å². The lowest BCUT2D eigenvalue weighted by Crippen LogP contribution is -2.54. The minimum Gasteiger partial charge on any atom is -0.336 e. The maximum Gasteiger partial charge on any atom is 0.0946 e. The van der Waals surface area contributed by atoms with Crippen molar-refractivity contribution in [3.05, 3.63) is 18.2 Å². The molecule has 0 amide bonds. The van der Waals surface area contributed by atoms with Gasteiger partial charge in [-0.2, -0.15) is 0 Å². The minimum atomic E-state index is 0.424. The highest BCUT2D eigenvalue weighted by molar-refractivity contribution is 5.15. The molecule has 2 heterocycles. The van der Waals surface area contributed by atoms with Crippen LogP contribution >= 0.6 is 0 Å². The molecule has 0 aromatic carbocycles. The number of hydrogen-bond acceptors (Lipinski definition) is 2. The van der Waals surface area contributed by atoms with Crippen LogP contribution < -0.4 is 5.32 Å². The zero-order valence-electron chi connectivity index (χ0n) is 8.54. The molecule has 1 aromatic rings. The lowest BCUT2D eigenvalue weighted by molar-refractivity contribution is 0.0934. The predicted molar refractivity (Wildman–Crippen MR) is 52.3 cm³/mol. The zero-order chi connectivity index (χ0) is 9.47. The molecule has 2 rings (SSSR count). The Bertz CT molecular complexity index is 301. The highest BCUT2D eigenvalue weighted by Gasteiger charge is 2.42. The number of rotatable bonds is 2. The van der Waals surface area contributed by atoms with Crippen LogP contribution in [0.5, 0.6) is 0 Å². The van der Waals surface area contributed by atoms with E-state index in [1.54, 1.807) is 0 Å². The van der Waals surface area contributed by atoms with Crippen LogP contribution in [0.3, 0.4) is 0 Å². The fraction of sp³-hybridized carbons (Fsp3) is 0.700. The lowest BCUT2D eigenvalue weighted by atomic mass is 9.72. The number of nitrogens with zero attached hydrogens (tertiary/aromatic N) is 2. The van der Waals surface area contributed by atoms with Crippen molar-refractivity contribution in [3.8, 4) is 0 Å². The summed E-state index contributed by atoms with van der Waals surface area (Å²) in [4.78, 5) is 4.15. The van der Waals surface area contributed by atoms with Gasteiger partial charge in [-0.05, 0) is 6.42 Å². The molecule has 1 N–H and O–H groups in total. The van der Waals surface area contributed by atoms with Crippen molar-refractivity contribution in [1.29, 1.82) is 0 Å². The molecule has 1 aliphatic rings. The third kappa shape index (κ3) is 1.18. The normalized spacial score (nSPS) is 33.0. The molecule has 2 unspecified atom stereocenters. The first-order valence-electron chi connectivity index (χ1n) is 4.87. The van der Waals surface area contributed by atoms with Crippen LogP contribution in [0, 0.1) is 5.41 Å². The van der Waals surface area contributed by atoms with Crippen LogP contribution in [0.2, 0.25) is 0 Å². The molecule has 0 radical (unpaired) electrons. The van der Waals surface area contributed by atoms with Gasteiger partial charge in [0, 0.05) is 25.2 Å². The molecule has 0 spiro atoms. The van der Waals surface area contributed by atoms with Crippen LogP contribution in [0.15, 0.2) is 12.5 Å². The van der Waals surface area contributed by atoms with E-state index >= 15 is 0 Å². The van der Waals surface area contributed by atoms with Crippen LogP contribution in [-0.4, -0.2) is 16.1 Å². The van der Waals surface area contributed by atoms with Crippen LogP contribution in [0.4, 0.5) is 0 Å². The Hall–Kier alpha value is -0.830. The topological polar surface area (TPSA) is 29.9 Å². The van der Waals surface area contributed by atoms with Gasteiger partial charge < -0.3 is 9.88 Å². The van der Waals surface area contributed by atoms with Crippen molar-refractivity contribution >= 4 is 0 Å². The summed E-state index contributed by atoms with van der Waals surface area (Å²) in [6, 6.07) is 0.491. The summed E-state index contributed by atoms with van der Waals surface area (Å²) in [5.74, 6) is 0. The van der Waals surface area contributed by atoms with Gasteiger partial charge in [0.15, 0.2) is 0 Å². The Morgan fingerprint density at radius 3 is 2.92 bits per heavy atom. The van der Waals surface area contributed by atoms with Crippen molar-refractivity contribution in [3.63, 3.8) is 0 Å². The van der Waals surface area contributed by atoms with E-state index in [2.05, 4.69) is 35.8 Å². The summed E-state index contributed by atoms with van der Waals surface area (Å²) in [5, 5.41) is 3.47. The van der Waals surface area contributed by atoms with Gasteiger partial charge in [-0.3, -0.25) is 0 Å². The first kappa shape index (κ1) is 8.75. The van der Waals surface area contributed by atoms with Gasteiger partial charge in [0.25, 0.3) is 0 Å². The number of aryl methyl sites for hydroxylation is 1. The highest BCUT2D eigenvalue weighted by Crippen LogP contribution is 2.42. The van der Waals surface area contributed by atoms with E-state index in [0.29, 0.717) is 11.5 Å². The summed E-state index contributed by atoms with van der Waals surface area (Å²) in [6.07, 6.45) is 5.05. The zero-order valence-corrected chi connectivity index (χ0v) is 8.54. The Morgan fingerprint density at radius 2 is 2.54 bits per heavy atom. The molecule has 1 saturated heterocycles.